The van der Waals surface area contributed by atoms with Gasteiger partial charge in [0.25, 0.3) is 7.41 Å². The molecule has 0 bridgehead atoms. The lowest BCUT2D eigenvalue weighted by atomic mass is 9.93. The molecule has 0 aromatic carbocycles. The van der Waals surface area contributed by atoms with Gasteiger partial charge in [0, 0.05) is 32.6 Å². The Bertz CT molecular complexity index is 331. The fourth-order valence-corrected chi connectivity index (χ4v) is 3.38. The SMILES string of the molecule is CCCCCCCCCCCCCC(=O)N1CCN(BC=O)CC1. The average Bonchev–Trinajstić information content (AvgIpc) is 2.60. The van der Waals surface area contributed by atoms with Gasteiger partial charge in [-0.2, -0.15) is 0 Å². The summed E-state index contributed by atoms with van der Waals surface area (Å²) in [6.45, 7) is 5.50. The molecule has 1 aliphatic rings. The van der Waals surface area contributed by atoms with Gasteiger partial charge in [0.1, 0.15) is 0 Å². The van der Waals surface area contributed by atoms with Crippen LogP contribution in [-0.4, -0.2) is 55.4 Å². The minimum Gasteiger partial charge on any atom is -0.340 e. The van der Waals surface area contributed by atoms with E-state index in [1.807, 2.05) is 4.90 Å². The molecular formula is C19H37BN2O2. The lowest BCUT2D eigenvalue weighted by molar-refractivity contribution is -0.132. The van der Waals surface area contributed by atoms with Crippen molar-refractivity contribution in [2.24, 2.45) is 0 Å². The molecule has 0 atom stereocenters. The van der Waals surface area contributed by atoms with Crippen molar-refractivity contribution in [2.45, 2.75) is 84.0 Å². The molecule has 138 valence electrons. The molecule has 1 rings (SSSR count). The lowest BCUT2D eigenvalue weighted by Gasteiger charge is -2.33. The molecule has 0 aromatic heterocycles. The Labute approximate surface area is 149 Å². The highest BCUT2D eigenvalue weighted by Crippen LogP contribution is 2.12. The summed E-state index contributed by atoms with van der Waals surface area (Å²) in [4.78, 5) is 26.7. The van der Waals surface area contributed by atoms with Gasteiger partial charge in [0.05, 0.1) is 6.19 Å². The summed E-state index contributed by atoms with van der Waals surface area (Å²) in [5.41, 5.74) is 0. The molecule has 1 aliphatic heterocycles. The number of amides is 1. The highest BCUT2D eigenvalue weighted by atomic mass is 16.2. The predicted molar refractivity (Wildman–Crippen MR) is 103 cm³/mol. The van der Waals surface area contributed by atoms with E-state index in [1.165, 1.54) is 64.2 Å². The summed E-state index contributed by atoms with van der Waals surface area (Å²) in [5.74, 6) is 0.302. The van der Waals surface area contributed by atoms with E-state index >= 15 is 0 Å². The van der Waals surface area contributed by atoms with Gasteiger partial charge < -0.3 is 14.5 Å². The molecule has 0 radical (unpaired) electrons. The van der Waals surface area contributed by atoms with E-state index in [0.717, 1.165) is 38.8 Å². The number of carbonyl (C=O) groups excluding carboxylic acids is 2. The van der Waals surface area contributed by atoms with Gasteiger partial charge in [-0.3, -0.25) is 4.79 Å². The van der Waals surface area contributed by atoms with Gasteiger partial charge in [-0.25, -0.2) is 0 Å². The second-order valence-electron chi connectivity index (χ2n) is 7.13. The standard InChI is InChI=1S/C19H37BN2O2/c1-2-3-4-5-6-7-8-9-10-11-12-13-19(24)21-14-16-22(17-15-21)20-18-23/h18,20H,2-17H2,1H3. The number of nitrogens with zero attached hydrogens (tertiary/aromatic N) is 2. The van der Waals surface area contributed by atoms with Crippen molar-refractivity contribution < 1.29 is 9.59 Å². The summed E-state index contributed by atoms with van der Waals surface area (Å²) >= 11 is 0. The molecule has 5 heteroatoms. The minimum atomic E-state index is 0.302. The van der Waals surface area contributed by atoms with Crippen molar-refractivity contribution in [1.29, 1.82) is 0 Å². The molecule has 0 aliphatic carbocycles. The summed E-state index contributed by atoms with van der Waals surface area (Å²) in [5, 5.41) is 0. The average molecular weight is 336 g/mol. The first kappa shape index (κ1) is 21.2. The van der Waals surface area contributed by atoms with Crippen LogP contribution in [-0.2, 0) is 9.59 Å². The van der Waals surface area contributed by atoms with Crippen molar-refractivity contribution in [3.63, 3.8) is 0 Å². The minimum absolute atomic E-state index is 0.302. The summed E-state index contributed by atoms with van der Waals surface area (Å²) < 4.78 is 0. The van der Waals surface area contributed by atoms with E-state index in [2.05, 4.69) is 11.7 Å². The number of rotatable bonds is 14. The molecule has 0 unspecified atom stereocenters. The van der Waals surface area contributed by atoms with Gasteiger partial charge in [-0.15, -0.1) is 0 Å². The Morgan fingerprint density at radius 1 is 0.833 bits per heavy atom. The van der Waals surface area contributed by atoms with Crippen molar-refractivity contribution in [1.82, 2.24) is 9.71 Å². The molecule has 1 fully saturated rings. The van der Waals surface area contributed by atoms with E-state index in [-0.39, 0.29) is 0 Å². The second kappa shape index (κ2) is 14.5. The number of hydrogen-bond donors (Lipinski definition) is 0. The number of carbonyl (C=O) groups is 2. The molecule has 0 N–H and O–H groups in total. The molecule has 0 aromatic rings. The van der Waals surface area contributed by atoms with Gasteiger partial charge >= 0.3 is 0 Å². The van der Waals surface area contributed by atoms with Crippen molar-refractivity contribution in [2.75, 3.05) is 26.2 Å². The maximum absolute atomic E-state index is 12.2. The Balaban J connectivity index is 1.89. The van der Waals surface area contributed by atoms with Gasteiger partial charge in [-0.1, -0.05) is 71.1 Å². The van der Waals surface area contributed by atoms with Crippen LogP contribution in [0.15, 0.2) is 0 Å². The van der Waals surface area contributed by atoms with Crippen molar-refractivity contribution in [3.8, 4) is 0 Å². The first-order valence-corrected chi connectivity index (χ1v) is 10.2. The van der Waals surface area contributed by atoms with Crippen molar-refractivity contribution in [3.05, 3.63) is 0 Å². The van der Waals surface area contributed by atoms with Gasteiger partial charge in [0.15, 0.2) is 0 Å². The highest BCUT2D eigenvalue weighted by molar-refractivity contribution is 6.64. The van der Waals surface area contributed by atoms with E-state index in [0.29, 0.717) is 19.7 Å². The maximum atomic E-state index is 12.2. The Morgan fingerprint density at radius 3 is 1.83 bits per heavy atom. The molecule has 1 heterocycles. The van der Waals surface area contributed by atoms with E-state index in [4.69, 9.17) is 0 Å². The third-order valence-corrected chi connectivity index (χ3v) is 5.05. The first-order chi connectivity index (χ1) is 11.8. The highest BCUT2D eigenvalue weighted by Gasteiger charge is 2.20. The van der Waals surface area contributed by atoms with Crippen molar-refractivity contribution >= 4 is 19.5 Å². The van der Waals surface area contributed by atoms with E-state index in [9.17, 15) is 9.59 Å². The normalized spacial score (nSPS) is 15.5. The number of hydrogen-bond acceptors (Lipinski definition) is 3. The molecule has 0 saturated carbocycles. The van der Waals surface area contributed by atoms with Crippen LogP contribution in [0.3, 0.4) is 0 Å². The number of unbranched alkanes of at least 4 members (excludes halogenated alkanes) is 10. The summed E-state index contributed by atoms with van der Waals surface area (Å²) in [7, 11) is 0.501. The first-order valence-electron chi connectivity index (χ1n) is 10.2. The second-order valence-corrected chi connectivity index (χ2v) is 7.13. The van der Waals surface area contributed by atoms with E-state index < -0.39 is 0 Å². The monoisotopic (exact) mass is 336 g/mol. The Morgan fingerprint density at radius 2 is 1.33 bits per heavy atom. The molecule has 1 amide bonds. The van der Waals surface area contributed by atoms with Crippen LogP contribution in [0.4, 0.5) is 0 Å². The fraction of sp³-hybridized carbons (Fsp3) is 0.895. The zero-order valence-electron chi connectivity index (χ0n) is 15.8. The Kier molecular flexibility index (Phi) is 12.8. The zero-order valence-corrected chi connectivity index (χ0v) is 15.8. The third-order valence-electron chi connectivity index (χ3n) is 5.05. The van der Waals surface area contributed by atoms with Crippen LogP contribution in [0, 0.1) is 0 Å². The smallest absolute Gasteiger partial charge is 0.281 e. The van der Waals surface area contributed by atoms with Crippen LogP contribution in [0.25, 0.3) is 0 Å². The van der Waals surface area contributed by atoms with Crippen LogP contribution in [0.1, 0.15) is 84.0 Å². The molecule has 4 nitrogen and oxygen atoms in total. The molecular weight excluding hydrogens is 299 g/mol. The summed E-state index contributed by atoms with van der Waals surface area (Å²) in [6, 6.07) is 0. The zero-order chi connectivity index (χ0) is 17.5. The predicted octanol–water partition coefficient (Wildman–Crippen LogP) is 3.37. The lowest BCUT2D eigenvalue weighted by Crippen LogP contribution is -2.50. The molecule has 0 spiro atoms. The number of piperazine rings is 1. The quantitative estimate of drug-likeness (QED) is 0.277. The molecule has 1 saturated heterocycles. The maximum Gasteiger partial charge on any atom is 0.281 e. The molecule has 24 heavy (non-hydrogen) atoms. The third kappa shape index (κ3) is 10.1. The largest absolute Gasteiger partial charge is 0.340 e. The van der Waals surface area contributed by atoms with Crippen LogP contribution in [0.5, 0.6) is 0 Å². The van der Waals surface area contributed by atoms with Crippen LogP contribution < -0.4 is 0 Å². The van der Waals surface area contributed by atoms with Gasteiger partial charge in [-0.05, 0) is 6.42 Å². The Hall–Kier alpha value is -0.835. The topological polar surface area (TPSA) is 40.6 Å². The van der Waals surface area contributed by atoms with E-state index in [1.54, 1.807) is 0 Å². The van der Waals surface area contributed by atoms with Gasteiger partial charge in [0.2, 0.25) is 5.91 Å². The fourth-order valence-electron chi connectivity index (χ4n) is 3.38. The van der Waals surface area contributed by atoms with Crippen LogP contribution in [0.2, 0.25) is 0 Å². The van der Waals surface area contributed by atoms with Crippen LogP contribution >= 0.6 is 0 Å². The summed E-state index contributed by atoms with van der Waals surface area (Å²) in [6.07, 6.45) is 16.1.